The third-order valence-corrected chi connectivity index (χ3v) is 5.02. The van der Waals surface area contributed by atoms with Crippen LogP contribution in [0, 0.1) is 0 Å². The van der Waals surface area contributed by atoms with E-state index in [1.165, 1.54) is 10.9 Å². The predicted molar refractivity (Wildman–Crippen MR) is 108 cm³/mol. The molecule has 0 aliphatic carbocycles. The molecule has 1 atom stereocenters. The molecule has 9 heteroatoms. The van der Waals surface area contributed by atoms with Crippen molar-refractivity contribution in [2.24, 2.45) is 0 Å². The highest BCUT2D eigenvalue weighted by atomic mass is 16.5. The average molecular weight is 389 g/mol. The van der Waals surface area contributed by atoms with E-state index < -0.39 is 0 Å². The fraction of sp³-hybridized carbons (Fsp3) is 0.200. The summed E-state index contributed by atoms with van der Waals surface area (Å²) >= 11 is 0. The van der Waals surface area contributed by atoms with Crippen molar-refractivity contribution < 1.29 is 4.74 Å². The third kappa shape index (κ3) is 3.01. The Hall–Kier alpha value is -3.72. The van der Waals surface area contributed by atoms with Gasteiger partial charge in [-0.1, -0.05) is 18.2 Å². The van der Waals surface area contributed by atoms with Gasteiger partial charge in [-0.05, 0) is 31.2 Å². The second kappa shape index (κ2) is 7.02. The Bertz CT molecular complexity index is 1210. The van der Waals surface area contributed by atoms with E-state index in [-0.39, 0.29) is 17.5 Å². The second-order valence-corrected chi connectivity index (χ2v) is 6.84. The molecule has 1 aliphatic heterocycles. The summed E-state index contributed by atoms with van der Waals surface area (Å²) in [6, 6.07) is 12.9. The molecule has 1 aromatic carbocycles. The Morgan fingerprint density at radius 1 is 1.10 bits per heavy atom. The highest BCUT2D eigenvalue weighted by molar-refractivity contribution is 5.84. The van der Waals surface area contributed by atoms with Gasteiger partial charge in [0.05, 0.1) is 17.9 Å². The number of pyridine rings is 1. The number of fused-ring (bicyclic) bond motifs is 1. The minimum absolute atomic E-state index is 0.0224. The molecule has 3 aromatic heterocycles. The molecule has 5 rings (SSSR count). The highest BCUT2D eigenvalue weighted by Gasteiger charge is 2.26. The van der Waals surface area contributed by atoms with E-state index in [1.54, 1.807) is 22.9 Å². The number of nitrogens with one attached hydrogen (secondary N) is 1. The van der Waals surface area contributed by atoms with Gasteiger partial charge in [0.2, 0.25) is 5.88 Å². The molecule has 4 aromatic rings. The van der Waals surface area contributed by atoms with Crippen LogP contribution in [-0.2, 0) is 0 Å². The number of nitrogen functional groups attached to an aromatic ring is 1. The van der Waals surface area contributed by atoms with Crippen molar-refractivity contribution in [3.8, 4) is 17.3 Å². The van der Waals surface area contributed by atoms with E-state index in [2.05, 4.69) is 20.3 Å². The van der Waals surface area contributed by atoms with E-state index in [0.29, 0.717) is 35.0 Å². The van der Waals surface area contributed by atoms with Gasteiger partial charge in [-0.15, -0.1) is 0 Å². The number of hydrogen-bond donors (Lipinski definition) is 2. The number of benzene rings is 1. The minimum atomic E-state index is -0.209. The topological polar surface area (TPSA) is 113 Å². The summed E-state index contributed by atoms with van der Waals surface area (Å²) in [5.74, 6) is 1.37. The van der Waals surface area contributed by atoms with Crippen LogP contribution in [0.1, 0.15) is 12.5 Å². The van der Waals surface area contributed by atoms with E-state index in [9.17, 15) is 4.79 Å². The number of hydrogen-bond acceptors (Lipinski definition) is 7. The van der Waals surface area contributed by atoms with Crippen LogP contribution in [0.5, 0.6) is 11.6 Å². The first-order valence-electron chi connectivity index (χ1n) is 9.36. The maximum absolute atomic E-state index is 13.3. The van der Waals surface area contributed by atoms with Crippen molar-refractivity contribution in [1.82, 2.24) is 29.4 Å². The van der Waals surface area contributed by atoms with Crippen molar-refractivity contribution in [2.45, 2.75) is 12.5 Å². The van der Waals surface area contributed by atoms with E-state index in [0.717, 1.165) is 13.0 Å². The number of para-hydroxylation sites is 1. The van der Waals surface area contributed by atoms with Crippen LogP contribution in [0.2, 0.25) is 0 Å². The summed E-state index contributed by atoms with van der Waals surface area (Å²) in [7, 11) is 0. The summed E-state index contributed by atoms with van der Waals surface area (Å²) in [6.07, 6.45) is 3.82. The number of aromatic nitrogens is 5. The van der Waals surface area contributed by atoms with Gasteiger partial charge in [-0.3, -0.25) is 9.13 Å². The van der Waals surface area contributed by atoms with Gasteiger partial charge in [0.15, 0.2) is 11.5 Å². The molecule has 0 amide bonds. The summed E-state index contributed by atoms with van der Waals surface area (Å²) in [5.41, 5.74) is 7.51. The Kier molecular flexibility index (Phi) is 4.21. The van der Waals surface area contributed by atoms with Crippen LogP contribution < -0.4 is 21.5 Å². The zero-order valence-corrected chi connectivity index (χ0v) is 15.5. The Balaban J connectivity index is 1.60. The van der Waals surface area contributed by atoms with E-state index in [4.69, 9.17) is 10.5 Å². The SMILES string of the molecule is Nc1ncnc2c1n(-c1ccc(Oc3ccccc3)nc1)c(=O)n2C1CCNC1. The summed E-state index contributed by atoms with van der Waals surface area (Å²) in [5, 5.41) is 3.28. The van der Waals surface area contributed by atoms with Crippen LogP contribution >= 0.6 is 0 Å². The molecule has 0 radical (unpaired) electrons. The van der Waals surface area contributed by atoms with Crippen molar-refractivity contribution in [3.63, 3.8) is 0 Å². The number of nitrogens with zero attached hydrogens (tertiary/aromatic N) is 5. The quantitative estimate of drug-likeness (QED) is 0.548. The molecule has 4 heterocycles. The van der Waals surface area contributed by atoms with Crippen molar-refractivity contribution in [2.75, 3.05) is 18.8 Å². The molecule has 3 N–H and O–H groups in total. The van der Waals surface area contributed by atoms with Crippen LogP contribution in [0.25, 0.3) is 16.9 Å². The molecular weight excluding hydrogens is 370 g/mol. The van der Waals surface area contributed by atoms with Crippen LogP contribution in [-0.4, -0.2) is 37.2 Å². The lowest BCUT2D eigenvalue weighted by Crippen LogP contribution is -2.28. The highest BCUT2D eigenvalue weighted by Crippen LogP contribution is 2.25. The molecule has 1 saturated heterocycles. The molecule has 29 heavy (non-hydrogen) atoms. The van der Waals surface area contributed by atoms with Gasteiger partial charge < -0.3 is 15.8 Å². The zero-order valence-electron chi connectivity index (χ0n) is 15.5. The van der Waals surface area contributed by atoms with Gasteiger partial charge in [-0.2, -0.15) is 0 Å². The van der Waals surface area contributed by atoms with Crippen molar-refractivity contribution in [1.29, 1.82) is 0 Å². The molecule has 9 nitrogen and oxygen atoms in total. The molecule has 1 fully saturated rings. The van der Waals surface area contributed by atoms with Crippen molar-refractivity contribution in [3.05, 3.63) is 65.5 Å². The molecule has 146 valence electrons. The lowest BCUT2D eigenvalue weighted by molar-refractivity contribution is 0.462. The molecule has 0 saturated carbocycles. The predicted octanol–water partition coefficient (Wildman–Crippen LogP) is 1.89. The third-order valence-electron chi connectivity index (χ3n) is 5.02. The molecule has 1 aliphatic rings. The normalized spacial score (nSPS) is 16.3. The average Bonchev–Trinajstić information content (AvgIpc) is 3.36. The van der Waals surface area contributed by atoms with Gasteiger partial charge in [0, 0.05) is 12.6 Å². The maximum atomic E-state index is 13.3. The molecular formula is C20H19N7O2. The smallest absolute Gasteiger partial charge is 0.335 e. The largest absolute Gasteiger partial charge is 0.439 e. The molecule has 0 bridgehead atoms. The number of imidazole rings is 1. The fourth-order valence-corrected chi connectivity index (χ4v) is 3.67. The summed E-state index contributed by atoms with van der Waals surface area (Å²) < 4.78 is 8.95. The molecule has 0 spiro atoms. The number of rotatable bonds is 4. The number of ether oxygens (including phenoxy) is 1. The van der Waals surface area contributed by atoms with Gasteiger partial charge in [-0.25, -0.2) is 19.7 Å². The van der Waals surface area contributed by atoms with Crippen molar-refractivity contribution >= 4 is 17.0 Å². The van der Waals surface area contributed by atoms with Gasteiger partial charge >= 0.3 is 5.69 Å². The van der Waals surface area contributed by atoms with Crippen LogP contribution in [0.4, 0.5) is 5.82 Å². The van der Waals surface area contributed by atoms with Gasteiger partial charge in [0.1, 0.15) is 17.6 Å². The van der Waals surface area contributed by atoms with E-state index in [1.807, 2.05) is 30.3 Å². The Labute approximate surface area is 165 Å². The maximum Gasteiger partial charge on any atom is 0.335 e. The standard InChI is InChI=1S/C20H19N7O2/c21-18-17-19(25-12-24-18)27(14-8-9-22-10-14)20(28)26(17)13-6-7-16(23-11-13)29-15-4-2-1-3-5-15/h1-7,11-12,14,22H,8-10H2,(H2,21,24,25). The summed E-state index contributed by atoms with van der Waals surface area (Å²) in [4.78, 5) is 26.1. The lowest BCUT2D eigenvalue weighted by atomic mass is 10.2. The summed E-state index contributed by atoms with van der Waals surface area (Å²) in [6.45, 7) is 1.57. The number of nitrogens with two attached hydrogens (primary N) is 1. The zero-order chi connectivity index (χ0) is 19.8. The first-order chi connectivity index (χ1) is 14.2. The first kappa shape index (κ1) is 17.4. The number of anilines is 1. The fourth-order valence-electron chi connectivity index (χ4n) is 3.67. The lowest BCUT2D eigenvalue weighted by Gasteiger charge is -2.09. The van der Waals surface area contributed by atoms with Gasteiger partial charge in [0.25, 0.3) is 0 Å². The Morgan fingerprint density at radius 2 is 1.97 bits per heavy atom. The Morgan fingerprint density at radius 3 is 2.69 bits per heavy atom. The van der Waals surface area contributed by atoms with E-state index >= 15 is 0 Å². The van der Waals surface area contributed by atoms with Crippen LogP contribution in [0.3, 0.4) is 0 Å². The first-order valence-corrected chi connectivity index (χ1v) is 9.36. The second-order valence-electron chi connectivity index (χ2n) is 6.84. The molecule has 1 unspecified atom stereocenters. The van der Waals surface area contributed by atoms with Crippen LogP contribution in [0.15, 0.2) is 59.8 Å². The minimum Gasteiger partial charge on any atom is -0.439 e. The monoisotopic (exact) mass is 389 g/mol.